The second kappa shape index (κ2) is 11.4. The summed E-state index contributed by atoms with van der Waals surface area (Å²) >= 11 is 3.99. The predicted octanol–water partition coefficient (Wildman–Crippen LogP) is -1.77. The summed E-state index contributed by atoms with van der Waals surface area (Å²) in [6.07, 6.45) is -0.303. The number of thiol groups is 1. The van der Waals surface area contributed by atoms with Gasteiger partial charge in [0.1, 0.15) is 18.6 Å². The van der Waals surface area contributed by atoms with Gasteiger partial charge in [0, 0.05) is 19.1 Å². The van der Waals surface area contributed by atoms with E-state index in [1.165, 1.54) is 0 Å². The number of hydrogen-bond acceptors (Lipinski definition) is 9. The van der Waals surface area contributed by atoms with Gasteiger partial charge in [-0.3, -0.25) is 28.9 Å². The van der Waals surface area contributed by atoms with Crippen LogP contribution in [-0.4, -0.2) is 73.2 Å². The van der Waals surface area contributed by atoms with Crippen molar-refractivity contribution in [3.8, 4) is 0 Å². The lowest BCUT2D eigenvalue weighted by molar-refractivity contribution is -0.150. The van der Waals surface area contributed by atoms with Gasteiger partial charge in [-0.15, -0.1) is 0 Å². The summed E-state index contributed by atoms with van der Waals surface area (Å²) in [5.41, 5.74) is 5.54. The average molecular weight is 377 g/mol. The van der Waals surface area contributed by atoms with Crippen LogP contribution in [0.1, 0.15) is 19.8 Å². The van der Waals surface area contributed by atoms with Gasteiger partial charge in [-0.1, -0.05) is 0 Å². The number of rotatable bonds is 9. The Bertz CT molecular complexity index is 527. The molecule has 0 saturated heterocycles. The Morgan fingerprint density at radius 2 is 1.76 bits per heavy atom. The van der Waals surface area contributed by atoms with Gasteiger partial charge in [0.25, 0.3) is 0 Å². The number of ether oxygens (including phenoxy) is 2. The number of amides is 3. The molecule has 11 heteroatoms. The minimum absolute atomic E-state index is 0.0572. The molecule has 25 heavy (non-hydrogen) atoms. The summed E-state index contributed by atoms with van der Waals surface area (Å²) in [6, 6.07) is -2.24. The summed E-state index contributed by atoms with van der Waals surface area (Å²) in [6.45, 7) is 0.703. The van der Waals surface area contributed by atoms with Crippen molar-refractivity contribution in [3.63, 3.8) is 0 Å². The summed E-state index contributed by atoms with van der Waals surface area (Å²) in [5, 5.41) is 2.26. The van der Waals surface area contributed by atoms with E-state index in [0.717, 1.165) is 26.0 Å². The highest BCUT2D eigenvalue weighted by atomic mass is 32.1. The first-order chi connectivity index (χ1) is 11.7. The van der Waals surface area contributed by atoms with Crippen LogP contribution in [0.2, 0.25) is 0 Å². The molecule has 0 aliphatic carbocycles. The number of carbonyl (C=O) groups excluding carboxylic acids is 5. The van der Waals surface area contributed by atoms with Gasteiger partial charge in [0.2, 0.25) is 17.7 Å². The van der Waals surface area contributed by atoms with E-state index in [1.807, 2.05) is 0 Å². The summed E-state index contributed by atoms with van der Waals surface area (Å²) in [5.74, 6) is -3.63. The van der Waals surface area contributed by atoms with E-state index in [0.29, 0.717) is 0 Å². The standard InChI is InChI=1S/C14H23N3O7S/c1-8(18)17(11(19)5-4-9(15)14(22)24-3)10(7-25)13(21)16-6-12(20)23-2/h9-10,25H,4-7,15H2,1-3H3,(H,16,21). The fraction of sp³-hybridized carbons (Fsp3) is 0.643. The maximum Gasteiger partial charge on any atom is 0.325 e. The molecule has 0 heterocycles. The smallest absolute Gasteiger partial charge is 0.325 e. The van der Waals surface area contributed by atoms with Crippen LogP contribution in [0.4, 0.5) is 0 Å². The fourth-order valence-electron chi connectivity index (χ4n) is 1.87. The van der Waals surface area contributed by atoms with Gasteiger partial charge in [0.05, 0.1) is 14.2 Å². The highest BCUT2D eigenvalue weighted by Crippen LogP contribution is 2.09. The van der Waals surface area contributed by atoms with E-state index in [2.05, 4.69) is 27.4 Å². The number of nitrogens with one attached hydrogen (secondary N) is 1. The van der Waals surface area contributed by atoms with Gasteiger partial charge in [-0.05, 0) is 6.42 Å². The molecule has 0 aromatic rings. The normalized spacial score (nSPS) is 12.5. The van der Waals surface area contributed by atoms with Crippen LogP contribution in [0.5, 0.6) is 0 Å². The zero-order valence-corrected chi connectivity index (χ0v) is 15.2. The molecule has 0 bridgehead atoms. The molecule has 0 aromatic carbocycles. The van der Waals surface area contributed by atoms with Gasteiger partial charge in [-0.25, -0.2) is 0 Å². The highest BCUT2D eigenvalue weighted by Gasteiger charge is 2.32. The molecule has 2 unspecified atom stereocenters. The Morgan fingerprint density at radius 1 is 1.16 bits per heavy atom. The fourth-order valence-corrected chi connectivity index (χ4v) is 2.20. The molecule has 10 nitrogen and oxygen atoms in total. The lowest BCUT2D eigenvalue weighted by Gasteiger charge is -2.27. The zero-order valence-electron chi connectivity index (χ0n) is 14.3. The van der Waals surface area contributed by atoms with Crippen LogP contribution in [0.15, 0.2) is 0 Å². The Labute approximate surface area is 150 Å². The van der Waals surface area contributed by atoms with Crippen LogP contribution in [-0.2, 0) is 33.4 Å². The predicted molar refractivity (Wildman–Crippen MR) is 89.4 cm³/mol. The van der Waals surface area contributed by atoms with Crippen LogP contribution in [0, 0.1) is 0 Å². The third kappa shape index (κ3) is 7.52. The van der Waals surface area contributed by atoms with Crippen molar-refractivity contribution in [3.05, 3.63) is 0 Å². The molecule has 0 saturated carbocycles. The molecule has 0 radical (unpaired) electrons. The van der Waals surface area contributed by atoms with E-state index < -0.39 is 48.3 Å². The summed E-state index contributed by atoms with van der Waals surface area (Å²) in [4.78, 5) is 59.3. The number of nitrogens with two attached hydrogens (primary N) is 1. The van der Waals surface area contributed by atoms with Crippen molar-refractivity contribution in [1.29, 1.82) is 0 Å². The molecule has 0 fully saturated rings. The van der Waals surface area contributed by atoms with E-state index in [9.17, 15) is 24.0 Å². The van der Waals surface area contributed by atoms with E-state index in [-0.39, 0.29) is 18.6 Å². The number of imide groups is 1. The Hall–Kier alpha value is -2.14. The molecule has 0 aromatic heterocycles. The molecule has 0 spiro atoms. The average Bonchev–Trinajstić information content (AvgIpc) is 2.59. The van der Waals surface area contributed by atoms with Gasteiger partial charge in [-0.2, -0.15) is 12.6 Å². The molecule has 142 valence electrons. The molecular formula is C14H23N3O7S. The first kappa shape index (κ1) is 22.9. The number of hydrogen-bond donors (Lipinski definition) is 3. The summed E-state index contributed by atoms with van der Waals surface area (Å²) < 4.78 is 8.84. The van der Waals surface area contributed by atoms with Gasteiger partial charge >= 0.3 is 11.9 Å². The minimum Gasteiger partial charge on any atom is -0.468 e. The van der Waals surface area contributed by atoms with E-state index in [4.69, 9.17) is 5.73 Å². The Kier molecular flexibility index (Phi) is 10.4. The monoisotopic (exact) mass is 377 g/mol. The van der Waals surface area contributed by atoms with Crippen molar-refractivity contribution in [2.24, 2.45) is 5.73 Å². The minimum atomic E-state index is -1.22. The van der Waals surface area contributed by atoms with Crippen LogP contribution >= 0.6 is 12.6 Å². The largest absolute Gasteiger partial charge is 0.468 e. The quantitative estimate of drug-likeness (QED) is 0.316. The zero-order chi connectivity index (χ0) is 19.6. The molecule has 0 aliphatic heterocycles. The summed E-state index contributed by atoms with van der Waals surface area (Å²) in [7, 11) is 2.31. The van der Waals surface area contributed by atoms with E-state index in [1.54, 1.807) is 0 Å². The number of methoxy groups -OCH3 is 2. The van der Waals surface area contributed by atoms with E-state index >= 15 is 0 Å². The second-order valence-corrected chi connectivity index (χ2v) is 5.31. The molecule has 0 aliphatic rings. The lowest BCUT2D eigenvalue weighted by Crippen LogP contribution is -2.53. The maximum absolute atomic E-state index is 12.3. The third-order valence-electron chi connectivity index (χ3n) is 3.20. The van der Waals surface area contributed by atoms with Crippen molar-refractivity contribution in [1.82, 2.24) is 10.2 Å². The molecular weight excluding hydrogens is 354 g/mol. The first-order valence-corrected chi connectivity index (χ1v) is 7.94. The SMILES string of the molecule is COC(=O)CNC(=O)C(CS)N(C(C)=O)C(=O)CCC(N)C(=O)OC. The van der Waals surface area contributed by atoms with Crippen LogP contribution < -0.4 is 11.1 Å². The first-order valence-electron chi connectivity index (χ1n) is 7.30. The molecule has 0 rings (SSSR count). The highest BCUT2D eigenvalue weighted by molar-refractivity contribution is 7.80. The van der Waals surface area contributed by atoms with Crippen molar-refractivity contribution >= 4 is 42.3 Å². The Balaban J connectivity index is 4.99. The topological polar surface area (TPSA) is 145 Å². The van der Waals surface area contributed by atoms with Gasteiger partial charge < -0.3 is 20.5 Å². The Morgan fingerprint density at radius 3 is 2.20 bits per heavy atom. The van der Waals surface area contributed by atoms with Crippen LogP contribution in [0.3, 0.4) is 0 Å². The van der Waals surface area contributed by atoms with Crippen molar-refractivity contribution < 1.29 is 33.4 Å². The number of carbonyl (C=O) groups is 5. The third-order valence-corrected chi connectivity index (χ3v) is 3.55. The number of esters is 2. The second-order valence-electron chi connectivity index (χ2n) is 4.94. The number of nitrogens with zero attached hydrogens (tertiary/aromatic N) is 1. The molecule has 3 amide bonds. The molecule has 2 atom stereocenters. The van der Waals surface area contributed by atoms with Crippen LogP contribution in [0.25, 0.3) is 0 Å². The molecule has 3 N–H and O–H groups in total. The maximum atomic E-state index is 12.3. The van der Waals surface area contributed by atoms with Crippen molar-refractivity contribution in [2.75, 3.05) is 26.5 Å². The van der Waals surface area contributed by atoms with Crippen molar-refractivity contribution in [2.45, 2.75) is 31.8 Å². The lowest BCUT2D eigenvalue weighted by atomic mass is 10.1. The van der Waals surface area contributed by atoms with Gasteiger partial charge in [0.15, 0.2) is 0 Å².